The number of alkyl halides is 1. The number of esters is 1. The van der Waals surface area contributed by atoms with Crippen molar-refractivity contribution in [2.45, 2.75) is 118 Å². The van der Waals surface area contributed by atoms with Crippen LogP contribution >= 0.6 is 15.9 Å². The summed E-state index contributed by atoms with van der Waals surface area (Å²) in [5.74, 6) is 5.23. The summed E-state index contributed by atoms with van der Waals surface area (Å²) in [5.41, 5.74) is 2.51. The topological polar surface area (TPSA) is 26.3 Å². The minimum absolute atomic E-state index is 0.0392. The molecule has 8 atom stereocenters. The molecule has 0 radical (unpaired) electrons. The van der Waals surface area contributed by atoms with Crippen LogP contribution in [0, 0.1) is 46.3 Å². The summed E-state index contributed by atoms with van der Waals surface area (Å²) in [4.78, 5) is 12.1. The molecule has 3 saturated carbocycles. The minimum Gasteiger partial charge on any atom is -0.462 e. The molecule has 0 spiro atoms. The molecular formula is C30H49BrO2. The number of ether oxygens (including phenoxy) is 1. The molecule has 33 heavy (non-hydrogen) atoms. The van der Waals surface area contributed by atoms with Gasteiger partial charge in [-0.3, -0.25) is 4.79 Å². The molecule has 188 valence electrons. The van der Waals surface area contributed by atoms with Crippen molar-refractivity contribution in [1.82, 2.24) is 0 Å². The van der Waals surface area contributed by atoms with Gasteiger partial charge in [-0.25, -0.2) is 0 Å². The lowest BCUT2D eigenvalue weighted by molar-refractivity contribution is -0.151. The molecule has 2 nitrogen and oxygen atoms in total. The van der Waals surface area contributed by atoms with E-state index in [1.54, 1.807) is 5.57 Å². The zero-order chi connectivity index (χ0) is 23.8. The van der Waals surface area contributed by atoms with E-state index in [1.807, 2.05) is 0 Å². The highest BCUT2D eigenvalue weighted by molar-refractivity contribution is 9.09. The third-order valence-electron chi connectivity index (χ3n) is 10.9. The van der Waals surface area contributed by atoms with Crippen molar-refractivity contribution in [3.05, 3.63) is 11.6 Å². The third kappa shape index (κ3) is 5.01. The number of carbonyl (C=O) groups is 1. The smallest absolute Gasteiger partial charge is 0.306 e. The second-order valence-corrected chi connectivity index (χ2v) is 13.9. The zero-order valence-corrected chi connectivity index (χ0v) is 23.6. The maximum atomic E-state index is 12.1. The SMILES string of the molecule is CC(C)CCC[C@@H](C)[C@@H]1CC[C@H]2[C@H]3CC=C4C[C@@H](OC(=O)CCBr)CC[C@]4(C)[C@@H]3CC[C@@]21C. The Bertz CT molecular complexity index is 729. The van der Waals surface area contributed by atoms with Gasteiger partial charge in [0.1, 0.15) is 6.10 Å². The summed E-state index contributed by atoms with van der Waals surface area (Å²) in [6.07, 6.45) is 17.7. The van der Waals surface area contributed by atoms with Crippen LogP contribution in [-0.4, -0.2) is 17.4 Å². The van der Waals surface area contributed by atoms with Crippen LogP contribution in [0.1, 0.15) is 112 Å². The number of hydrogen-bond donors (Lipinski definition) is 0. The molecule has 0 aromatic heterocycles. The molecule has 0 amide bonds. The molecule has 4 rings (SSSR count). The first-order valence-corrected chi connectivity index (χ1v) is 15.3. The van der Waals surface area contributed by atoms with Crippen LogP contribution in [0.25, 0.3) is 0 Å². The van der Waals surface area contributed by atoms with Gasteiger partial charge in [-0.1, -0.05) is 81.5 Å². The van der Waals surface area contributed by atoms with Gasteiger partial charge in [0.15, 0.2) is 0 Å². The molecule has 4 aliphatic carbocycles. The van der Waals surface area contributed by atoms with Gasteiger partial charge < -0.3 is 4.74 Å². The lowest BCUT2D eigenvalue weighted by atomic mass is 9.47. The van der Waals surface area contributed by atoms with E-state index in [1.165, 1.54) is 57.8 Å². The Kier molecular flexibility index (Phi) is 8.09. The van der Waals surface area contributed by atoms with E-state index in [9.17, 15) is 4.79 Å². The Hall–Kier alpha value is -0.310. The number of rotatable bonds is 8. The fraction of sp³-hybridized carbons (Fsp3) is 0.900. The molecule has 4 aliphatic rings. The van der Waals surface area contributed by atoms with Crippen molar-refractivity contribution in [2.75, 3.05) is 5.33 Å². The average molecular weight is 522 g/mol. The zero-order valence-electron chi connectivity index (χ0n) is 22.0. The fourth-order valence-electron chi connectivity index (χ4n) is 9.07. The molecule has 0 aromatic carbocycles. The molecule has 0 N–H and O–H groups in total. The van der Waals surface area contributed by atoms with Gasteiger partial charge in [0, 0.05) is 11.8 Å². The summed E-state index contributed by atoms with van der Waals surface area (Å²) < 4.78 is 5.82. The Balaban J connectivity index is 1.43. The normalized spacial score (nSPS) is 41.1. The molecule has 3 heteroatoms. The lowest BCUT2D eigenvalue weighted by Gasteiger charge is -2.58. The number of fused-ring (bicyclic) bond motifs is 5. The Morgan fingerprint density at radius 2 is 1.88 bits per heavy atom. The predicted octanol–water partition coefficient (Wildman–Crippen LogP) is 8.72. The second kappa shape index (κ2) is 10.4. The summed E-state index contributed by atoms with van der Waals surface area (Å²) in [6, 6.07) is 0. The maximum Gasteiger partial charge on any atom is 0.306 e. The number of hydrogen-bond acceptors (Lipinski definition) is 2. The van der Waals surface area contributed by atoms with Crippen molar-refractivity contribution < 1.29 is 9.53 Å². The molecular weight excluding hydrogens is 472 g/mol. The first-order chi connectivity index (χ1) is 15.7. The van der Waals surface area contributed by atoms with E-state index in [0.29, 0.717) is 22.6 Å². The van der Waals surface area contributed by atoms with E-state index in [4.69, 9.17) is 4.74 Å². The van der Waals surface area contributed by atoms with Crippen LogP contribution in [0.5, 0.6) is 0 Å². The van der Waals surface area contributed by atoms with E-state index in [2.05, 4.69) is 56.6 Å². The van der Waals surface area contributed by atoms with Crippen molar-refractivity contribution >= 4 is 21.9 Å². The first-order valence-electron chi connectivity index (χ1n) is 14.1. The largest absolute Gasteiger partial charge is 0.462 e. The maximum absolute atomic E-state index is 12.1. The minimum atomic E-state index is -0.0392. The van der Waals surface area contributed by atoms with Gasteiger partial charge in [-0.15, -0.1) is 0 Å². The van der Waals surface area contributed by atoms with Crippen molar-refractivity contribution in [1.29, 1.82) is 0 Å². The number of halogens is 1. The number of allylic oxidation sites excluding steroid dienone is 1. The highest BCUT2D eigenvalue weighted by atomic mass is 79.9. The molecule has 3 fully saturated rings. The molecule has 0 heterocycles. The van der Waals surface area contributed by atoms with E-state index >= 15 is 0 Å². The van der Waals surface area contributed by atoms with Crippen LogP contribution in [0.3, 0.4) is 0 Å². The summed E-state index contributed by atoms with van der Waals surface area (Å²) >= 11 is 3.36. The third-order valence-corrected chi connectivity index (χ3v) is 11.3. The first kappa shape index (κ1) is 25.8. The summed E-state index contributed by atoms with van der Waals surface area (Å²) in [6.45, 7) is 12.6. The predicted molar refractivity (Wildman–Crippen MR) is 141 cm³/mol. The van der Waals surface area contributed by atoms with E-state index < -0.39 is 0 Å². The van der Waals surface area contributed by atoms with Crippen LogP contribution in [0.15, 0.2) is 11.6 Å². The number of carbonyl (C=O) groups excluding carboxylic acids is 1. The van der Waals surface area contributed by atoms with Crippen LogP contribution in [0.4, 0.5) is 0 Å². The van der Waals surface area contributed by atoms with Gasteiger partial charge >= 0.3 is 5.97 Å². The quantitative estimate of drug-likeness (QED) is 0.181. The lowest BCUT2D eigenvalue weighted by Crippen LogP contribution is -2.51. The highest BCUT2D eigenvalue weighted by Gasteiger charge is 2.59. The van der Waals surface area contributed by atoms with Crippen molar-refractivity contribution in [3.63, 3.8) is 0 Å². The van der Waals surface area contributed by atoms with Crippen LogP contribution in [-0.2, 0) is 9.53 Å². The average Bonchev–Trinajstić information content (AvgIpc) is 3.11. The Morgan fingerprint density at radius 1 is 1.09 bits per heavy atom. The second-order valence-electron chi connectivity index (χ2n) is 13.1. The molecule has 0 bridgehead atoms. The highest BCUT2D eigenvalue weighted by Crippen LogP contribution is 2.67. The summed E-state index contributed by atoms with van der Waals surface area (Å²) in [5, 5.41) is 0.695. The van der Waals surface area contributed by atoms with Crippen LogP contribution in [0.2, 0.25) is 0 Å². The Labute approximate surface area is 212 Å². The van der Waals surface area contributed by atoms with Crippen molar-refractivity contribution in [2.24, 2.45) is 46.3 Å². The summed E-state index contributed by atoms with van der Waals surface area (Å²) in [7, 11) is 0. The van der Waals surface area contributed by atoms with Crippen LogP contribution < -0.4 is 0 Å². The molecule has 0 saturated heterocycles. The van der Waals surface area contributed by atoms with Gasteiger partial charge in [0.05, 0.1) is 6.42 Å². The van der Waals surface area contributed by atoms with Crippen molar-refractivity contribution in [3.8, 4) is 0 Å². The van der Waals surface area contributed by atoms with Gasteiger partial charge in [-0.2, -0.15) is 0 Å². The molecule has 0 unspecified atom stereocenters. The monoisotopic (exact) mass is 520 g/mol. The fourth-order valence-corrected chi connectivity index (χ4v) is 9.40. The van der Waals surface area contributed by atoms with Gasteiger partial charge in [0.2, 0.25) is 0 Å². The Morgan fingerprint density at radius 3 is 2.61 bits per heavy atom. The van der Waals surface area contributed by atoms with Gasteiger partial charge in [-0.05, 0) is 91.3 Å². The standard InChI is InChI=1S/C30H49BrO2/c1-20(2)7-6-8-21(3)25-11-12-26-24-10-9-22-19-23(33-28(32)15-18-31)13-16-29(22,4)27(24)14-17-30(25,26)5/h9,20-21,23-27H,6-8,10-19H2,1-5H3/t21-,23+,24-,25+,26+,27-,29+,30-/m1/s1. The molecule has 0 aliphatic heterocycles. The molecule has 0 aromatic rings. The van der Waals surface area contributed by atoms with E-state index in [-0.39, 0.29) is 12.1 Å². The van der Waals surface area contributed by atoms with E-state index in [0.717, 1.165) is 48.3 Å². The van der Waals surface area contributed by atoms with Gasteiger partial charge in [0.25, 0.3) is 0 Å².